The maximum absolute atomic E-state index is 12.6. The number of carbonyl (C=O) groups is 2. The lowest BCUT2D eigenvalue weighted by Gasteiger charge is -2.10. The molecule has 1 aliphatic rings. The van der Waals surface area contributed by atoms with E-state index < -0.39 is 5.97 Å². The first-order chi connectivity index (χ1) is 13.1. The standard InChI is InChI=1S/C21H18O6/c1-4-9-26-17-7-5-13(10-18(17)24-2)11-19-20(22)15-12-14(21(23)25-3)6-8-16(15)27-19/h4-8,10-12H,1,9H2,2-3H3. The van der Waals surface area contributed by atoms with Crippen LogP contribution in [-0.2, 0) is 4.74 Å². The molecule has 0 spiro atoms. The Kier molecular flexibility index (Phi) is 5.26. The zero-order valence-corrected chi connectivity index (χ0v) is 15.0. The number of esters is 1. The number of ether oxygens (including phenoxy) is 4. The second-order valence-electron chi connectivity index (χ2n) is 5.65. The Hall–Kier alpha value is -3.54. The molecule has 0 atom stereocenters. The maximum Gasteiger partial charge on any atom is 0.337 e. The fraction of sp³-hybridized carbons (Fsp3) is 0.143. The number of Topliss-reactive ketones (excluding diaryl/α,β-unsaturated/α-hetero) is 1. The Morgan fingerprint density at radius 2 is 1.96 bits per heavy atom. The number of methoxy groups -OCH3 is 2. The summed E-state index contributed by atoms with van der Waals surface area (Å²) in [6, 6.07) is 9.87. The fourth-order valence-electron chi connectivity index (χ4n) is 2.63. The number of ketones is 1. The van der Waals surface area contributed by atoms with E-state index in [0.717, 1.165) is 0 Å². The first kappa shape index (κ1) is 18.3. The van der Waals surface area contributed by atoms with Crippen LogP contribution in [-0.4, -0.2) is 32.6 Å². The predicted octanol–water partition coefficient (Wildman–Crippen LogP) is 3.66. The van der Waals surface area contributed by atoms with Crippen molar-refractivity contribution in [2.24, 2.45) is 0 Å². The lowest BCUT2D eigenvalue weighted by atomic mass is 10.1. The molecule has 0 aromatic heterocycles. The van der Waals surface area contributed by atoms with E-state index in [9.17, 15) is 9.59 Å². The van der Waals surface area contributed by atoms with E-state index in [-0.39, 0.29) is 11.5 Å². The van der Waals surface area contributed by atoms with E-state index in [0.29, 0.717) is 40.5 Å². The Balaban J connectivity index is 1.88. The lowest BCUT2D eigenvalue weighted by molar-refractivity contribution is 0.0600. The average Bonchev–Trinajstić information content (AvgIpc) is 3.01. The molecular formula is C21H18O6. The summed E-state index contributed by atoms with van der Waals surface area (Å²) in [6.45, 7) is 3.97. The summed E-state index contributed by atoms with van der Waals surface area (Å²) in [5.41, 5.74) is 1.32. The van der Waals surface area contributed by atoms with Crippen molar-refractivity contribution in [3.8, 4) is 17.2 Å². The second-order valence-corrected chi connectivity index (χ2v) is 5.65. The van der Waals surface area contributed by atoms with Gasteiger partial charge in [0.1, 0.15) is 12.4 Å². The highest BCUT2D eigenvalue weighted by molar-refractivity contribution is 6.15. The Morgan fingerprint density at radius 1 is 1.15 bits per heavy atom. The summed E-state index contributed by atoms with van der Waals surface area (Å²) in [7, 11) is 2.82. The zero-order chi connectivity index (χ0) is 19.4. The highest BCUT2D eigenvalue weighted by Crippen LogP contribution is 2.34. The molecular weight excluding hydrogens is 348 g/mol. The van der Waals surface area contributed by atoms with Crippen LogP contribution in [0, 0.1) is 0 Å². The molecule has 2 aromatic carbocycles. The maximum atomic E-state index is 12.6. The van der Waals surface area contributed by atoms with Crippen molar-refractivity contribution in [2.75, 3.05) is 20.8 Å². The summed E-state index contributed by atoms with van der Waals surface area (Å²) in [5.74, 6) is 0.849. The van der Waals surface area contributed by atoms with Crippen molar-refractivity contribution in [1.82, 2.24) is 0 Å². The minimum absolute atomic E-state index is 0.161. The molecule has 0 bridgehead atoms. The molecule has 0 N–H and O–H groups in total. The van der Waals surface area contributed by atoms with Crippen molar-refractivity contribution in [3.63, 3.8) is 0 Å². The van der Waals surface area contributed by atoms with E-state index in [4.69, 9.17) is 14.2 Å². The molecule has 6 heteroatoms. The lowest BCUT2D eigenvalue weighted by Crippen LogP contribution is -2.03. The van der Waals surface area contributed by atoms with E-state index in [1.165, 1.54) is 20.3 Å². The molecule has 3 rings (SSSR count). The van der Waals surface area contributed by atoms with Crippen LogP contribution in [0.4, 0.5) is 0 Å². The molecule has 0 unspecified atom stereocenters. The molecule has 6 nitrogen and oxygen atoms in total. The van der Waals surface area contributed by atoms with Crippen LogP contribution in [0.5, 0.6) is 17.2 Å². The third-order valence-electron chi connectivity index (χ3n) is 3.93. The summed E-state index contributed by atoms with van der Waals surface area (Å²) < 4.78 is 21.2. The van der Waals surface area contributed by atoms with Crippen molar-refractivity contribution in [2.45, 2.75) is 0 Å². The fourth-order valence-corrected chi connectivity index (χ4v) is 2.63. The normalized spacial score (nSPS) is 13.7. The van der Waals surface area contributed by atoms with Gasteiger partial charge < -0.3 is 18.9 Å². The third-order valence-corrected chi connectivity index (χ3v) is 3.93. The van der Waals surface area contributed by atoms with Crippen LogP contribution in [0.25, 0.3) is 6.08 Å². The van der Waals surface area contributed by atoms with E-state index in [1.54, 1.807) is 42.5 Å². The first-order valence-corrected chi connectivity index (χ1v) is 8.15. The number of allylic oxidation sites excluding steroid dienone is 1. The minimum Gasteiger partial charge on any atom is -0.493 e. The highest BCUT2D eigenvalue weighted by Gasteiger charge is 2.28. The zero-order valence-electron chi connectivity index (χ0n) is 15.0. The molecule has 0 saturated carbocycles. The molecule has 138 valence electrons. The quantitative estimate of drug-likeness (QED) is 0.441. The molecule has 0 radical (unpaired) electrons. The highest BCUT2D eigenvalue weighted by atomic mass is 16.5. The Labute approximate surface area is 156 Å². The van der Waals surface area contributed by atoms with E-state index >= 15 is 0 Å². The molecule has 1 heterocycles. The van der Waals surface area contributed by atoms with E-state index in [2.05, 4.69) is 11.3 Å². The number of benzene rings is 2. The van der Waals surface area contributed by atoms with Crippen LogP contribution in [0.2, 0.25) is 0 Å². The first-order valence-electron chi connectivity index (χ1n) is 8.15. The van der Waals surface area contributed by atoms with Gasteiger partial charge in [0.2, 0.25) is 5.78 Å². The summed E-state index contributed by atoms with van der Waals surface area (Å²) in [4.78, 5) is 24.3. The Bertz CT molecular complexity index is 942. The number of carbonyl (C=O) groups excluding carboxylic acids is 2. The molecule has 0 saturated heterocycles. The van der Waals surface area contributed by atoms with Gasteiger partial charge in [0.05, 0.1) is 25.3 Å². The molecule has 1 aliphatic heterocycles. The van der Waals surface area contributed by atoms with Crippen molar-refractivity contribution in [1.29, 1.82) is 0 Å². The summed E-state index contributed by atoms with van der Waals surface area (Å²) in [5, 5.41) is 0. The SMILES string of the molecule is C=CCOc1ccc(C=C2Oc3ccc(C(=O)OC)cc3C2=O)cc1OC. The minimum atomic E-state index is -0.511. The van der Waals surface area contributed by atoms with Gasteiger partial charge in [-0.25, -0.2) is 4.79 Å². The second kappa shape index (κ2) is 7.78. The van der Waals surface area contributed by atoms with Gasteiger partial charge in [0, 0.05) is 0 Å². The summed E-state index contributed by atoms with van der Waals surface area (Å²) in [6.07, 6.45) is 3.25. The topological polar surface area (TPSA) is 71.1 Å². The van der Waals surface area contributed by atoms with Crippen LogP contribution in [0.3, 0.4) is 0 Å². The number of rotatable bonds is 6. The number of hydrogen-bond donors (Lipinski definition) is 0. The largest absolute Gasteiger partial charge is 0.493 e. The van der Waals surface area contributed by atoms with Crippen LogP contribution in [0.1, 0.15) is 26.3 Å². The predicted molar refractivity (Wildman–Crippen MR) is 99.4 cm³/mol. The number of fused-ring (bicyclic) bond motifs is 1. The van der Waals surface area contributed by atoms with Crippen molar-refractivity contribution < 1.29 is 28.5 Å². The van der Waals surface area contributed by atoms with Gasteiger partial charge in [-0.2, -0.15) is 0 Å². The van der Waals surface area contributed by atoms with E-state index in [1.807, 2.05) is 0 Å². The van der Waals surface area contributed by atoms with Crippen LogP contribution in [0.15, 0.2) is 54.8 Å². The van der Waals surface area contributed by atoms with Gasteiger partial charge in [0.25, 0.3) is 0 Å². The monoisotopic (exact) mass is 366 g/mol. The average molecular weight is 366 g/mol. The van der Waals surface area contributed by atoms with Gasteiger partial charge in [-0.1, -0.05) is 18.7 Å². The molecule has 27 heavy (non-hydrogen) atoms. The summed E-state index contributed by atoms with van der Waals surface area (Å²) >= 11 is 0. The smallest absolute Gasteiger partial charge is 0.337 e. The molecule has 0 aliphatic carbocycles. The molecule has 2 aromatic rings. The third kappa shape index (κ3) is 3.69. The molecule has 0 amide bonds. The van der Waals surface area contributed by atoms with Crippen LogP contribution >= 0.6 is 0 Å². The number of hydrogen-bond acceptors (Lipinski definition) is 6. The van der Waals surface area contributed by atoms with Crippen molar-refractivity contribution >= 4 is 17.8 Å². The molecule has 0 fully saturated rings. The van der Waals surface area contributed by atoms with Gasteiger partial charge in [-0.3, -0.25) is 4.79 Å². The van der Waals surface area contributed by atoms with Gasteiger partial charge in [0.15, 0.2) is 17.3 Å². The van der Waals surface area contributed by atoms with Crippen LogP contribution < -0.4 is 14.2 Å². The van der Waals surface area contributed by atoms with Gasteiger partial charge in [-0.15, -0.1) is 0 Å². The Morgan fingerprint density at radius 3 is 2.67 bits per heavy atom. The van der Waals surface area contributed by atoms with Gasteiger partial charge in [-0.05, 0) is 42.0 Å². The van der Waals surface area contributed by atoms with Crippen molar-refractivity contribution in [3.05, 3.63) is 71.5 Å². The van der Waals surface area contributed by atoms with Gasteiger partial charge >= 0.3 is 5.97 Å².